The third-order valence-electron chi connectivity index (χ3n) is 2.75. The molecule has 7 heteroatoms. The van der Waals surface area contributed by atoms with Crippen molar-refractivity contribution in [2.75, 3.05) is 5.32 Å². The molecule has 0 bridgehead atoms. The molecule has 0 aliphatic rings. The van der Waals surface area contributed by atoms with Crippen LogP contribution in [0, 0.1) is 23.3 Å². The van der Waals surface area contributed by atoms with Crippen molar-refractivity contribution in [2.45, 2.75) is 6.54 Å². The van der Waals surface area contributed by atoms with Crippen LogP contribution in [0.3, 0.4) is 0 Å². The molecule has 21 heavy (non-hydrogen) atoms. The zero-order valence-electron chi connectivity index (χ0n) is 10.6. The lowest BCUT2D eigenvalue weighted by atomic mass is 10.1. The normalized spacial score (nSPS) is 10.5. The Hall–Kier alpha value is -2.41. The highest BCUT2D eigenvalue weighted by Crippen LogP contribution is 2.19. The van der Waals surface area contributed by atoms with E-state index in [0.717, 1.165) is 6.07 Å². The number of hydrogen-bond donors (Lipinski definition) is 2. The predicted octanol–water partition coefficient (Wildman–Crippen LogP) is 2.95. The van der Waals surface area contributed by atoms with Gasteiger partial charge in [0.15, 0.2) is 0 Å². The molecule has 0 aliphatic carbocycles. The summed E-state index contributed by atoms with van der Waals surface area (Å²) in [5.74, 6) is -5.91. The topological polar surface area (TPSA) is 55.1 Å². The van der Waals surface area contributed by atoms with Crippen molar-refractivity contribution in [3.05, 3.63) is 64.7 Å². The number of anilines is 1. The maximum Gasteiger partial charge on any atom is 0.261 e. The Morgan fingerprint density at radius 2 is 1.62 bits per heavy atom. The minimum Gasteiger partial charge on any atom is -0.326 e. The van der Waals surface area contributed by atoms with E-state index >= 15 is 0 Å². The van der Waals surface area contributed by atoms with Crippen molar-refractivity contribution in [3.63, 3.8) is 0 Å². The number of halogens is 4. The quantitative estimate of drug-likeness (QED) is 0.856. The third-order valence-corrected chi connectivity index (χ3v) is 2.75. The maximum absolute atomic E-state index is 13.7. The number of benzene rings is 2. The SMILES string of the molecule is NCc1ccc(NC(=O)c2c(F)cc(F)cc2F)c(F)c1. The smallest absolute Gasteiger partial charge is 0.261 e. The van der Waals surface area contributed by atoms with Gasteiger partial charge in [-0.2, -0.15) is 0 Å². The molecule has 0 atom stereocenters. The van der Waals surface area contributed by atoms with Crippen molar-refractivity contribution in [1.29, 1.82) is 0 Å². The van der Waals surface area contributed by atoms with E-state index in [0.29, 0.717) is 17.7 Å². The van der Waals surface area contributed by atoms with Crippen molar-refractivity contribution in [2.24, 2.45) is 5.73 Å². The van der Waals surface area contributed by atoms with Crippen LogP contribution in [0.5, 0.6) is 0 Å². The average molecular weight is 298 g/mol. The van der Waals surface area contributed by atoms with Gasteiger partial charge >= 0.3 is 0 Å². The number of nitrogens with two attached hydrogens (primary N) is 1. The highest BCUT2D eigenvalue weighted by atomic mass is 19.1. The first-order valence-corrected chi connectivity index (χ1v) is 5.86. The molecule has 0 aromatic heterocycles. The van der Waals surface area contributed by atoms with Gasteiger partial charge in [-0.15, -0.1) is 0 Å². The number of carbonyl (C=O) groups excluding carboxylic acids is 1. The standard InChI is InChI=1S/C14H10F4N2O/c15-8-4-10(17)13(11(18)5-8)14(21)20-12-2-1-7(6-19)3-9(12)16/h1-5H,6,19H2,(H,20,21). The fraction of sp³-hybridized carbons (Fsp3) is 0.0714. The summed E-state index contributed by atoms with van der Waals surface area (Å²) in [5.41, 5.74) is 4.57. The largest absolute Gasteiger partial charge is 0.326 e. The van der Waals surface area contributed by atoms with Gasteiger partial charge < -0.3 is 11.1 Å². The molecule has 2 aromatic carbocycles. The van der Waals surface area contributed by atoms with E-state index in [-0.39, 0.29) is 12.2 Å². The van der Waals surface area contributed by atoms with Gasteiger partial charge in [0.2, 0.25) is 0 Å². The Kier molecular flexibility index (Phi) is 4.23. The number of carbonyl (C=O) groups is 1. The number of nitrogens with one attached hydrogen (secondary N) is 1. The summed E-state index contributed by atoms with van der Waals surface area (Å²) in [5, 5.41) is 2.02. The molecular weight excluding hydrogens is 288 g/mol. The highest BCUT2D eigenvalue weighted by Gasteiger charge is 2.20. The summed E-state index contributed by atoms with van der Waals surface area (Å²) in [6.45, 7) is 0.104. The van der Waals surface area contributed by atoms with E-state index in [2.05, 4.69) is 0 Å². The first-order chi connectivity index (χ1) is 9.92. The van der Waals surface area contributed by atoms with Crippen molar-refractivity contribution < 1.29 is 22.4 Å². The van der Waals surface area contributed by atoms with E-state index in [1.807, 2.05) is 5.32 Å². The van der Waals surface area contributed by atoms with Gasteiger partial charge in [-0.25, -0.2) is 17.6 Å². The van der Waals surface area contributed by atoms with Crippen LogP contribution >= 0.6 is 0 Å². The Morgan fingerprint density at radius 1 is 1.00 bits per heavy atom. The third kappa shape index (κ3) is 3.19. The lowest BCUT2D eigenvalue weighted by Gasteiger charge is -2.09. The van der Waals surface area contributed by atoms with Gasteiger partial charge in [0.25, 0.3) is 5.91 Å². The first-order valence-electron chi connectivity index (χ1n) is 5.86. The summed E-state index contributed by atoms with van der Waals surface area (Å²) in [6, 6.07) is 4.50. The Balaban J connectivity index is 2.30. The lowest BCUT2D eigenvalue weighted by Crippen LogP contribution is -2.17. The predicted molar refractivity (Wildman–Crippen MR) is 68.6 cm³/mol. The van der Waals surface area contributed by atoms with Gasteiger partial charge in [-0.3, -0.25) is 4.79 Å². The fourth-order valence-electron chi connectivity index (χ4n) is 1.73. The van der Waals surface area contributed by atoms with Crippen LogP contribution in [0.1, 0.15) is 15.9 Å². The molecule has 0 radical (unpaired) electrons. The number of rotatable bonds is 3. The highest BCUT2D eigenvalue weighted by molar-refractivity contribution is 6.04. The van der Waals surface area contributed by atoms with Crippen LogP contribution in [-0.4, -0.2) is 5.91 Å². The van der Waals surface area contributed by atoms with Crippen molar-refractivity contribution in [3.8, 4) is 0 Å². The van der Waals surface area contributed by atoms with E-state index in [1.54, 1.807) is 0 Å². The summed E-state index contributed by atoms with van der Waals surface area (Å²) in [7, 11) is 0. The molecule has 3 nitrogen and oxygen atoms in total. The molecule has 0 saturated heterocycles. The zero-order valence-corrected chi connectivity index (χ0v) is 10.6. The molecule has 0 fully saturated rings. The molecule has 0 spiro atoms. The molecule has 0 heterocycles. The summed E-state index contributed by atoms with van der Waals surface area (Å²) in [6.07, 6.45) is 0. The molecule has 1 amide bonds. The maximum atomic E-state index is 13.7. The molecule has 0 unspecified atom stereocenters. The Bertz CT molecular complexity index is 680. The molecule has 110 valence electrons. The van der Waals surface area contributed by atoms with Crippen molar-refractivity contribution in [1.82, 2.24) is 0 Å². The molecular formula is C14H10F4N2O. The summed E-state index contributed by atoms with van der Waals surface area (Å²) >= 11 is 0. The molecule has 0 saturated carbocycles. The Labute approximate surface area is 117 Å². The summed E-state index contributed by atoms with van der Waals surface area (Å²) in [4.78, 5) is 11.8. The average Bonchev–Trinajstić information content (AvgIpc) is 2.39. The minimum atomic E-state index is -1.37. The van der Waals surface area contributed by atoms with Crippen LogP contribution < -0.4 is 11.1 Å². The molecule has 2 rings (SSSR count). The monoisotopic (exact) mass is 298 g/mol. The van der Waals surface area contributed by atoms with Gasteiger partial charge in [0.1, 0.15) is 28.8 Å². The summed E-state index contributed by atoms with van der Waals surface area (Å²) < 4.78 is 53.3. The molecule has 3 N–H and O–H groups in total. The van der Waals surface area contributed by atoms with Gasteiger partial charge in [-0.1, -0.05) is 6.07 Å². The fourth-order valence-corrected chi connectivity index (χ4v) is 1.73. The van der Waals surface area contributed by atoms with E-state index in [1.165, 1.54) is 12.1 Å². The van der Waals surface area contributed by atoms with Crippen LogP contribution in [0.2, 0.25) is 0 Å². The number of hydrogen-bond acceptors (Lipinski definition) is 2. The van der Waals surface area contributed by atoms with Crippen molar-refractivity contribution >= 4 is 11.6 Å². The van der Waals surface area contributed by atoms with E-state index < -0.39 is 34.7 Å². The van der Waals surface area contributed by atoms with Crippen LogP contribution in [-0.2, 0) is 6.54 Å². The zero-order chi connectivity index (χ0) is 15.6. The minimum absolute atomic E-state index is 0.104. The van der Waals surface area contributed by atoms with Gasteiger partial charge in [0, 0.05) is 18.7 Å². The van der Waals surface area contributed by atoms with Gasteiger partial charge in [-0.05, 0) is 17.7 Å². The van der Waals surface area contributed by atoms with Crippen LogP contribution in [0.15, 0.2) is 30.3 Å². The van der Waals surface area contributed by atoms with E-state index in [9.17, 15) is 22.4 Å². The Morgan fingerprint density at radius 3 is 2.14 bits per heavy atom. The lowest BCUT2D eigenvalue weighted by molar-refractivity contribution is 0.101. The molecule has 2 aromatic rings. The second-order valence-electron chi connectivity index (χ2n) is 4.22. The van der Waals surface area contributed by atoms with Crippen LogP contribution in [0.25, 0.3) is 0 Å². The van der Waals surface area contributed by atoms with Gasteiger partial charge in [0.05, 0.1) is 5.69 Å². The molecule has 0 aliphatic heterocycles. The second-order valence-corrected chi connectivity index (χ2v) is 4.22. The first kappa shape index (κ1) is 15.0. The van der Waals surface area contributed by atoms with Crippen LogP contribution in [0.4, 0.5) is 23.2 Å². The second kappa shape index (κ2) is 5.92. The van der Waals surface area contributed by atoms with E-state index in [4.69, 9.17) is 5.73 Å². The number of amides is 1.